The van der Waals surface area contributed by atoms with Crippen LogP contribution in [0.2, 0.25) is 0 Å². The Morgan fingerprint density at radius 3 is 2.80 bits per heavy atom. The van der Waals surface area contributed by atoms with E-state index < -0.39 is 10.0 Å². The van der Waals surface area contributed by atoms with Gasteiger partial charge in [0.05, 0.1) is 0 Å². The van der Waals surface area contributed by atoms with Gasteiger partial charge in [-0.3, -0.25) is 0 Å². The molecule has 2 rings (SSSR count). The van der Waals surface area contributed by atoms with Gasteiger partial charge >= 0.3 is 0 Å². The average Bonchev–Trinajstić information content (AvgIpc) is 3.16. The minimum atomic E-state index is -3.42. The number of hydrogen-bond acceptors (Lipinski definition) is 3. The number of aromatic nitrogens is 1. The smallest absolute Gasteiger partial charge is 0.244 e. The fourth-order valence-corrected chi connectivity index (χ4v) is 3.64. The second kappa shape index (κ2) is 6.11. The van der Waals surface area contributed by atoms with Gasteiger partial charge in [0.15, 0.2) is 0 Å². The highest BCUT2D eigenvalue weighted by Gasteiger charge is 2.25. The fourth-order valence-electron chi connectivity index (χ4n) is 2.12. The first-order valence-electron chi connectivity index (χ1n) is 6.98. The lowest BCUT2D eigenvalue weighted by Crippen LogP contribution is -2.30. The van der Waals surface area contributed by atoms with Crippen molar-refractivity contribution in [3.63, 3.8) is 0 Å². The van der Waals surface area contributed by atoms with Crippen molar-refractivity contribution in [1.82, 2.24) is 14.2 Å². The van der Waals surface area contributed by atoms with Crippen molar-refractivity contribution in [2.24, 2.45) is 7.05 Å². The number of likely N-dealkylation sites (N-methyl/N-ethyl adjacent to an activating group) is 1. The Morgan fingerprint density at radius 1 is 1.55 bits per heavy atom. The zero-order valence-electron chi connectivity index (χ0n) is 12.2. The van der Waals surface area contributed by atoms with E-state index in [1.807, 2.05) is 18.5 Å². The van der Waals surface area contributed by atoms with Crippen molar-refractivity contribution in [1.29, 1.82) is 0 Å². The highest BCUT2D eigenvalue weighted by Crippen LogP contribution is 2.21. The quantitative estimate of drug-likeness (QED) is 0.739. The third kappa shape index (κ3) is 3.31. The maximum atomic E-state index is 12.5. The monoisotopic (exact) mass is 297 g/mol. The molecule has 0 aliphatic heterocycles. The van der Waals surface area contributed by atoms with E-state index in [1.165, 1.54) is 17.1 Å². The lowest BCUT2D eigenvalue weighted by atomic mass is 10.4. The molecule has 1 aromatic rings. The molecule has 1 aliphatic carbocycles. The molecule has 0 atom stereocenters. The minimum Gasteiger partial charge on any atom is -0.352 e. The van der Waals surface area contributed by atoms with Gasteiger partial charge in [0.2, 0.25) is 10.0 Å². The summed E-state index contributed by atoms with van der Waals surface area (Å²) in [4.78, 5) is 0.358. The summed E-state index contributed by atoms with van der Waals surface area (Å²) in [7, 11) is -1.54. The van der Waals surface area contributed by atoms with E-state index in [9.17, 15) is 8.42 Å². The Labute approximate surface area is 121 Å². The zero-order valence-corrected chi connectivity index (χ0v) is 13.0. The van der Waals surface area contributed by atoms with Crippen LogP contribution in [0.1, 0.15) is 25.5 Å². The van der Waals surface area contributed by atoms with Gasteiger partial charge in [0.1, 0.15) is 4.90 Å². The first-order valence-corrected chi connectivity index (χ1v) is 8.42. The Kier molecular flexibility index (Phi) is 4.67. The van der Waals surface area contributed by atoms with Crippen molar-refractivity contribution in [3.05, 3.63) is 30.6 Å². The van der Waals surface area contributed by atoms with E-state index in [2.05, 4.69) is 11.9 Å². The third-order valence-corrected chi connectivity index (χ3v) is 5.46. The van der Waals surface area contributed by atoms with Crippen LogP contribution in [0.3, 0.4) is 0 Å². The molecule has 0 spiro atoms. The van der Waals surface area contributed by atoms with Crippen LogP contribution in [0.5, 0.6) is 0 Å². The van der Waals surface area contributed by atoms with E-state index in [0.717, 1.165) is 5.69 Å². The van der Waals surface area contributed by atoms with Crippen LogP contribution < -0.4 is 5.32 Å². The summed E-state index contributed by atoms with van der Waals surface area (Å²) in [6.45, 7) is 6.94. The standard InChI is InChI=1S/C14H23N3O2S/c1-4-8-17(5-2)20(18,19)14-9-13(16(3)11-14)10-15-12-6-7-12/h4,9,11-12,15H,1,5-8,10H2,2-3H3. The summed E-state index contributed by atoms with van der Waals surface area (Å²) in [5.74, 6) is 0. The second-order valence-electron chi connectivity index (χ2n) is 5.18. The molecule has 20 heavy (non-hydrogen) atoms. The van der Waals surface area contributed by atoms with Crippen LogP contribution in [-0.4, -0.2) is 36.4 Å². The molecular formula is C14H23N3O2S. The van der Waals surface area contributed by atoms with E-state index >= 15 is 0 Å². The largest absolute Gasteiger partial charge is 0.352 e. The Bertz CT molecular complexity index is 573. The molecule has 6 heteroatoms. The van der Waals surface area contributed by atoms with Gasteiger partial charge in [0.25, 0.3) is 0 Å². The van der Waals surface area contributed by atoms with Gasteiger partial charge in [-0.2, -0.15) is 4.31 Å². The third-order valence-electron chi connectivity index (χ3n) is 3.56. The molecule has 0 radical (unpaired) electrons. The van der Waals surface area contributed by atoms with Crippen molar-refractivity contribution < 1.29 is 8.42 Å². The summed E-state index contributed by atoms with van der Waals surface area (Å²) < 4.78 is 28.3. The number of hydrogen-bond donors (Lipinski definition) is 1. The topological polar surface area (TPSA) is 54.3 Å². The van der Waals surface area contributed by atoms with Gasteiger partial charge in [-0.25, -0.2) is 8.42 Å². The molecule has 1 heterocycles. The van der Waals surface area contributed by atoms with Crippen molar-refractivity contribution >= 4 is 10.0 Å². The van der Waals surface area contributed by atoms with E-state index in [-0.39, 0.29) is 0 Å². The van der Waals surface area contributed by atoms with Crippen LogP contribution in [0.15, 0.2) is 29.8 Å². The molecule has 0 bridgehead atoms. The SMILES string of the molecule is C=CCN(CC)S(=O)(=O)c1cc(CNC2CC2)n(C)c1. The minimum absolute atomic E-state index is 0.337. The molecule has 0 amide bonds. The molecule has 1 N–H and O–H groups in total. The van der Waals surface area contributed by atoms with Crippen LogP contribution >= 0.6 is 0 Å². The first kappa shape index (κ1) is 15.3. The number of sulfonamides is 1. The molecule has 0 saturated heterocycles. The first-order chi connectivity index (χ1) is 9.48. The summed E-state index contributed by atoms with van der Waals surface area (Å²) in [5.41, 5.74) is 0.991. The molecular weight excluding hydrogens is 274 g/mol. The van der Waals surface area contributed by atoms with Crippen LogP contribution in [0.4, 0.5) is 0 Å². The highest BCUT2D eigenvalue weighted by molar-refractivity contribution is 7.89. The van der Waals surface area contributed by atoms with E-state index in [0.29, 0.717) is 30.6 Å². The molecule has 0 unspecified atom stereocenters. The van der Waals surface area contributed by atoms with Gasteiger partial charge in [-0.15, -0.1) is 6.58 Å². The summed E-state index contributed by atoms with van der Waals surface area (Å²) in [6, 6.07) is 2.37. The van der Waals surface area contributed by atoms with Gasteiger partial charge in [-0.1, -0.05) is 13.0 Å². The van der Waals surface area contributed by atoms with Gasteiger partial charge in [-0.05, 0) is 18.9 Å². The maximum Gasteiger partial charge on any atom is 0.244 e. The number of aryl methyl sites for hydroxylation is 1. The van der Waals surface area contributed by atoms with Crippen molar-refractivity contribution in [2.45, 2.75) is 37.2 Å². The predicted octanol–water partition coefficient (Wildman–Crippen LogP) is 1.47. The van der Waals surface area contributed by atoms with Crippen LogP contribution in [0, 0.1) is 0 Å². The fraction of sp³-hybridized carbons (Fsp3) is 0.571. The number of nitrogens with one attached hydrogen (secondary N) is 1. The Balaban J connectivity index is 2.17. The normalized spacial score (nSPS) is 15.8. The molecule has 1 aliphatic rings. The average molecular weight is 297 g/mol. The zero-order chi connectivity index (χ0) is 14.8. The van der Waals surface area contributed by atoms with E-state index in [1.54, 1.807) is 18.3 Å². The number of nitrogens with zero attached hydrogens (tertiary/aromatic N) is 2. The molecule has 5 nitrogen and oxygen atoms in total. The van der Waals surface area contributed by atoms with Crippen LogP contribution in [-0.2, 0) is 23.6 Å². The lowest BCUT2D eigenvalue weighted by Gasteiger charge is -2.17. The molecule has 0 aromatic carbocycles. The highest BCUT2D eigenvalue weighted by atomic mass is 32.2. The summed E-state index contributed by atoms with van der Waals surface area (Å²) in [6.07, 6.45) is 5.74. The maximum absolute atomic E-state index is 12.5. The van der Waals surface area contributed by atoms with Crippen molar-refractivity contribution in [2.75, 3.05) is 13.1 Å². The molecule has 1 saturated carbocycles. The van der Waals surface area contributed by atoms with E-state index in [4.69, 9.17) is 0 Å². The molecule has 112 valence electrons. The number of rotatable bonds is 8. The summed E-state index contributed by atoms with van der Waals surface area (Å²) >= 11 is 0. The Hall–Kier alpha value is -1.11. The van der Waals surface area contributed by atoms with Crippen LogP contribution in [0.25, 0.3) is 0 Å². The van der Waals surface area contributed by atoms with Gasteiger partial charge < -0.3 is 9.88 Å². The summed E-state index contributed by atoms with van der Waals surface area (Å²) in [5, 5.41) is 3.40. The predicted molar refractivity (Wildman–Crippen MR) is 79.9 cm³/mol. The lowest BCUT2D eigenvalue weighted by molar-refractivity contribution is 0.460. The molecule has 1 fully saturated rings. The second-order valence-corrected chi connectivity index (χ2v) is 7.12. The van der Waals surface area contributed by atoms with Gasteiger partial charge in [0, 0.05) is 44.6 Å². The van der Waals surface area contributed by atoms with Crippen molar-refractivity contribution in [3.8, 4) is 0 Å². The Morgan fingerprint density at radius 2 is 2.25 bits per heavy atom. The molecule has 1 aromatic heterocycles.